The average molecular weight is 284 g/mol. The molecule has 0 spiro atoms. The van der Waals surface area contributed by atoms with E-state index in [1.165, 1.54) is 0 Å². The molecule has 0 aromatic heterocycles. The van der Waals surface area contributed by atoms with E-state index in [-0.39, 0.29) is 18.7 Å². The number of hydrogen-bond donors (Lipinski definition) is 2. The second kappa shape index (κ2) is 7.53. The largest absolute Gasteiger partial charge is 0.489 e. The molecule has 106 valence electrons. The van der Waals surface area contributed by atoms with E-state index in [1.54, 1.807) is 11.9 Å². The highest BCUT2D eigenvalue weighted by Crippen LogP contribution is 2.21. The standard InChI is InChI=1S/C14H21FN2OS/c1-14(2,3)17-19-13-6-4-12(5-7-13)18-10-11(8-15)9-16/h4-8,17H,9-10,16H2,1-3H3/b11-8-. The smallest absolute Gasteiger partial charge is 0.119 e. The molecular formula is C14H21FN2OS. The summed E-state index contributed by atoms with van der Waals surface area (Å²) in [4.78, 5) is 1.10. The Morgan fingerprint density at radius 2 is 2.00 bits per heavy atom. The molecule has 0 fully saturated rings. The third-order valence-electron chi connectivity index (χ3n) is 2.14. The van der Waals surface area contributed by atoms with E-state index in [1.807, 2.05) is 24.3 Å². The lowest BCUT2D eigenvalue weighted by atomic mass is 10.1. The zero-order valence-corrected chi connectivity index (χ0v) is 12.4. The van der Waals surface area contributed by atoms with Crippen molar-refractivity contribution in [1.82, 2.24) is 4.72 Å². The van der Waals surface area contributed by atoms with Crippen LogP contribution in [0.3, 0.4) is 0 Å². The Kier molecular flexibility index (Phi) is 6.34. The Hall–Kier alpha value is -1.04. The van der Waals surface area contributed by atoms with Gasteiger partial charge in [0.15, 0.2) is 0 Å². The fourth-order valence-electron chi connectivity index (χ4n) is 1.13. The van der Waals surface area contributed by atoms with E-state index < -0.39 is 0 Å². The van der Waals surface area contributed by atoms with Crippen molar-refractivity contribution < 1.29 is 9.13 Å². The molecule has 0 aliphatic rings. The van der Waals surface area contributed by atoms with Crippen LogP contribution in [0.2, 0.25) is 0 Å². The summed E-state index contributed by atoms with van der Waals surface area (Å²) in [5.74, 6) is 0.702. The normalized spacial score (nSPS) is 12.6. The first-order valence-corrected chi connectivity index (χ1v) is 6.91. The van der Waals surface area contributed by atoms with Gasteiger partial charge in [0, 0.05) is 22.6 Å². The lowest BCUT2D eigenvalue weighted by Crippen LogP contribution is -2.29. The first kappa shape index (κ1) is 16.0. The molecule has 5 heteroatoms. The van der Waals surface area contributed by atoms with E-state index >= 15 is 0 Å². The van der Waals surface area contributed by atoms with Gasteiger partial charge >= 0.3 is 0 Å². The van der Waals surface area contributed by atoms with Gasteiger partial charge in [-0.2, -0.15) is 0 Å². The summed E-state index contributed by atoms with van der Waals surface area (Å²) < 4.78 is 21.1. The Morgan fingerprint density at radius 3 is 2.47 bits per heavy atom. The molecule has 0 saturated carbocycles. The van der Waals surface area contributed by atoms with Crippen LogP contribution in [0, 0.1) is 0 Å². The van der Waals surface area contributed by atoms with Crippen molar-refractivity contribution in [3.8, 4) is 5.75 Å². The minimum Gasteiger partial charge on any atom is -0.489 e. The van der Waals surface area contributed by atoms with Crippen molar-refractivity contribution in [2.75, 3.05) is 13.2 Å². The molecule has 3 N–H and O–H groups in total. The number of halogens is 1. The fourth-order valence-corrected chi connectivity index (χ4v) is 1.82. The summed E-state index contributed by atoms with van der Waals surface area (Å²) in [6.07, 6.45) is 0.497. The fraction of sp³-hybridized carbons (Fsp3) is 0.429. The monoisotopic (exact) mass is 284 g/mol. The van der Waals surface area contributed by atoms with Crippen LogP contribution < -0.4 is 15.2 Å². The number of nitrogens with two attached hydrogens (primary N) is 1. The van der Waals surface area contributed by atoms with Gasteiger partial charge in [-0.05, 0) is 57.0 Å². The van der Waals surface area contributed by atoms with Crippen molar-refractivity contribution in [3.63, 3.8) is 0 Å². The Bertz CT molecular complexity index is 412. The molecule has 0 unspecified atom stereocenters. The SMILES string of the molecule is CC(C)(C)NSc1ccc(OC/C(=C\F)CN)cc1. The van der Waals surface area contributed by atoms with E-state index in [0.717, 1.165) is 4.90 Å². The van der Waals surface area contributed by atoms with Crippen molar-refractivity contribution in [2.24, 2.45) is 5.73 Å². The highest BCUT2D eigenvalue weighted by molar-refractivity contribution is 7.97. The summed E-state index contributed by atoms with van der Waals surface area (Å²) in [5, 5.41) is 0. The third-order valence-corrected chi connectivity index (χ3v) is 3.36. The lowest BCUT2D eigenvalue weighted by molar-refractivity contribution is 0.347. The summed E-state index contributed by atoms with van der Waals surface area (Å²) in [5.41, 5.74) is 5.85. The van der Waals surface area contributed by atoms with Crippen molar-refractivity contribution in [2.45, 2.75) is 31.2 Å². The molecule has 3 nitrogen and oxygen atoms in total. The van der Waals surface area contributed by atoms with Crippen LogP contribution in [0.25, 0.3) is 0 Å². The Morgan fingerprint density at radius 1 is 1.37 bits per heavy atom. The molecule has 0 aliphatic carbocycles. The maximum Gasteiger partial charge on any atom is 0.119 e. The highest BCUT2D eigenvalue weighted by atomic mass is 32.2. The van der Waals surface area contributed by atoms with Gasteiger partial charge in [-0.3, -0.25) is 4.72 Å². The number of ether oxygens (including phenoxy) is 1. The van der Waals surface area contributed by atoms with E-state index in [2.05, 4.69) is 25.5 Å². The number of benzene rings is 1. The van der Waals surface area contributed by atoms with Crippen molar-refractivity contribution >= 4 is 11.9 Å². The molecule has 1 aromatic rings. The first-order chi connectivity index (χ1) is 8.94. The van der Waals surface area contributed by atoms with Gasteiger partial charge in [-0.15, -0.1) is 0 Å². The number of nitrogens with one attached hydrogen (secondary N) is 1. The van der Waals surface area contributed by atoms with Gasteiger partial charge in [0.2, 0.25) is 0 Å². The third kappa shape index (κ3) is 6.61. The van der Waals surface area contributed by atoms with Gasteiger partial charge in [0.1, 0.15) is 12.4 Å². The molecule has 1 rings (SSSR count). The van der Waals surface area contributed by atoms with Crippen LogP contribution in [0.5, 0.6) is 5.75 Å². The van der Waals surface area contributed by atoms with Gasteiger partial charge in [0.25, 0.3) is 0 Å². The molecule has 0 bridgehead atoms. The molecule has 0 heterocycles. The predicted molar refractivity (Wildman–Crippen MR) is 78.9 cm³/mol. The molecule has 1 aromatic carbocycles. The van der Waals surface area contributed by atoms with Gasteiger partial charge in [0.05, 0.1) is 6.33 Å². The molecule has 0 radical (unpaired) electrons. The first-order valence-electron chi connectivity index (χ1n) is 6.09. The summed E-state index contributed by atoms with van der Waals surface area (Å²) >= 11 is 1.57. The molecule has 0 saturated heterocycles. The maximum atomic E-state index is 12.3. The van der Waals surface area contributed by atoms with Crippen LogP contribution in [0.15, 0.2) is 41.1 Å². The second-order valence-corrected chi connectivity index (χ2v) is 6.07. The molecule has 0 atom stereocenters. The van der Waals surface area contributed by atoms with Gasteiger partial charge in [-0.1, -0.05) is 0 Å². The molecule has 0 aliphatic heterocycles. The zero-order chi connectivity index (χ0) is 14.3. The zero-order valence-electron chi connectivity index (χ0n) is 11.6. The van der Waals surface area contributed by atoms with E-state index in [0.29, 0.717) is 17.7 Å². The van der Waals surface area contributed by atoms with Crippen LogP contribution in [-0.4, -0.2) is 18.7 Å². The van der Waals surface area contributed by atoms with Crippen LogP contribution >= 0.6 is 11.9 Å². The highest BCUT2D eigenvalue weighted by Gasteiger charge is 2.09. The van der Waals surface area contributed by atoms with Crippen LogP contribution in [-0.2, 0) is 0 Å². The maximum absolute atomic E-state index is 12.3. The average Bonchev–Trinajstić information content (AvgIpc) is 2.38. The Balaban J connectivity index is 2.48. The minimum atomic E-state index is 0.0573. The van der Waals surface area contributed by atoms with Crippen molar-refractivity contribution in [1.29, 1.82) is 0 Å². The number of hydrogen-bond acceptors (Lipinski definition) is 4. The molecule has 0 amide bonds. The van der Waals surface area contributed by atoms with Crippen molar-refractivity contribution in [3.05, 3.63) is 36.2 Å². The second-order valence-electron chi connectivity index (χ2n) is 5.19. The Labute approximate surface area is 118 Å². The number of rotatable bonds is 6. The molecular weight excluding hydrogens is 263 g/mol. The summed E-state index contributed by atoms with van der Waals surface area (Å²) in [6.45, 7) is 6.67. The summed E-state index contributed by atoms with van der Waals surface area (Å²) in [7, 11) is 0. The lowest BCUT2D eigenvalue weighted by Gasteiger charge is -2.19. The predicted octanol–water partition coefficient (Wildman–Crippen LogP) is 3.27. The van der Waals surface area contributed by atoms with Gasteiger partial charge < -0.3 is 10.5 Å². The molecule has 19 heavy (non-hydrogen) atoms. The quantitative estimate of drug-likeness (QED) is 0.787. The minimum absolute atomic E-state index is 0.0573. The topological polar surface area (TPSA) is 47.3 Å². The van der Waals surface area contributed by atoms with E-state index in [4.69, 9.17) is 10.5 Å². The van der Waals surface area contributed by atoms with Crippen LogP contribution in [0.4, 0.5) is 4.39 Å². The van der Waals surface area contributed by atoms with E-state index in [9.17, 15) is 4.39 Å². The van der Waals surface area contributed by atoms with Gasteiger partial charge in [-0.25, -0.2) is 4.39 Å². The summed E-state index contributed by atoms with van der Waals surface area (Å²) in [6, 6.07) is 7.64. The van der Waals surface area contributed by atoms with Crippen LogP contribution in [0.1, 0.15) is 20.8 Å².